The van der Waals surface area contributed by atoms with E-state index in [9.17, 15) is 4.79 Å². The monoisotopic (exact) mass is 291 g/mol. The molecule has 0 saturated carbocycles. The minimum atomic E-state index is 0.336. The third-order valence-corrected chi connectivity index (χ3v) is 4.75. The molecule has 0 spiro atoms. The van der Waals surface area contributed by atoms with Crippen molar-refractivity contribution in [3.63, 3.8) is 0 Å². The summed E-state index contributed by atoms with van der Waals surface area (Å²) in [6.07, 6.45) is 6.35. The number of amides is 1. The molecular formula is C16H25N3O2. The van der Waals surface area contributed by atoms with Crippen molar-refractivity contribution in [2.45, 2.75) is 37.9 Å². The number of furan rings is 1. The summed E-state index contributed by atoms with van der Waals surface area (Å²) >= 11 is 0. The van der Waals surface area contributed by atoms with Gasteiger partial charge in [0.2, 0.25) is 5.91 Å². The summed E-state index contributed by atoms with van der Waals surface area (Å²) in [6.45, 7) is 3.81. The second kappa shape index (κ2) is 6.20. The Morgan fingerprint density at radius 2 is 2.19 bits per heavy atom. The molecule has 0 N–H and O–H groups in total. The Hall–Kier alpha value is -1.33. The van der Waals surface area contributed by atoms with Crippen molar-refractivity contribution in [1.82, 2.24) is 14.7 Å². The molecule has 2 aliphatic heterocycles. The van der Waals surface area contributed by atoms with E-state index in [4.69, 9.17) is 4.42 Å². The molecule has 1 amide bonds. The van der Waals surface area contributed by atoms with Gasteiger partial charge >= 0.3 is 0 Å². The average Bonchev–Trinajstić information content (AvgIpc) is 3.08. The van der Waals surface area contributed by atoms with E-state index in [0.717, 1.165) is 39.0 Å². The van der Waals surface area contributed by atoms with E-state index >= 15 is 0 Å². The summed E-state index contributed by atoms with van der Waals surface area (Å²) in [6, 6.07) is 2.95. The van der Waals surface area contributed by atoms with Crippen LogP contribution in [-0.4, -0.2) is 66.4 Å². The first-order valence-corrected chi connectivity index (χ1v) is 7.84. The van der Waals surface area contributed by atoms with Gasteiger partial charge in [-0.2, -0.15) is 0 Å². The number of fused-ring (bicyclic) bond motifs is 1. The van der Waals surface area contributed by atoms with E-state index in [1.165, 1.54) is 5.56 Å². The molecule has 0 aliphatic carbocycles. The molecular weight excluding hydrogens is 266 g/mol. The zero-order chi connectivity index (χ0) is 14.8. The molecule has 2 saturated heterocycles. The Labute approximate surface area is 126 Å². The molecule has 3 heterocycles. The number of carbonyl (C=O) groups excluding carboxylic acids is 1. The fraction of sp³-hybridized carbons (Fsp3) is 0.688. The van der Waals surface area contributed by atoms with Gasteiger partial charge in [-0.3, -0.25) is 9.69 Å². The Bertz CT molecular complexity index is 472. The van der Waals surface area contributed by atoms with Crippen LogP contribution in [0.1, 0.15) is 24.8 Å². The molecule has 1 aromatic heterocycles. The van der Waals surface area contributed by atoms with E-state index in [-0.39, 0.29) is 0 Å². The molecule has 5 heteroatoms. The molecule has 2 atom stereocenters. The second-order valence-electron chi connectivity index (χ2n) is 6.45. The quantitative estimate of drug-likeness (QED) is 0.822. The van der Waals surface area contributed by atoms with Crippen LogP contribution in [0.15, 0.2) is 23.0 Å². The van der Waals surface area contributed by atoms with Gasteiger partial charge in [0.05, 0.1) is 12.5 Å². The topological polar surface area (TPSA) is 39.9 Å². The van der Waals surface area contributed by atoms with Crippen LogP contribution in [0, 0.1) is 0 Å². The van der Waals surface area contributed by atoms with Gasteiger partial charge in [0.15, 0.2) is 0 Å². The predicted molar refractivity (Wildman–Crippen MR) is 80.8 cm³/mol. The van der Waals surface area contributed by atoms with Crippen molar-refractivity contribution >= 4 is 5.91 Å². The van der Waals surface area contributed by atoms with Crippen molar-refractivity contribution in [1.29, 1.82) is 0 Å². The molecule has 2 aliphatic rings. The number of nitrogens with zero attached hydrogens (tertiary/aromatic N) is 3. The first-order chi connectivity index (χ1) is 10.1. The lowest BCUT2D eigenvalue weighted by atomic mass is 9.96. The van der Waals surface area contributed by atoms with Crippen LogP contribution in [0.3, 0.4) is 0 Å². The minimum absolute atomic E-state index is 0.336. The Morgan fingerprint density at radius 1 is 1.33 bits per heavy atom. The number of piperidine rings is 1. The van der Waals surface area contributed by atoms with Crippen LogP contribution in [0.5, 0.6) is 0 Å². The number of rotatable bonds is 5. The van der Waals surface area contributed by atoms with E-state index < -0.39 is 0 Å². The highest BCUT2D eigenvalue weighted by Crippen LogP contribution is 2.32. The largest absolute Gasteiger partial charge is 0.472 e. The number of likely N-dealkylation sites (N-methyl/N-ethyl adjacent to an activating group) is 1. The highest BCUT2D eigenvalue weighted by molar-refractivity contribution is 5.77. The van der Waals surface area contributed by atoms with Crippen LogP contribution >= 0.6 is 0 Å². The molecule has 0 aromatic carbocycles. The maximum Gasteiger partial charge on any atom is 0.222 e. The van der Waals surface area contributed by atoms with Gasteiger partial charge in [-0.05, 0) is 33.0 Å². The Balaban J connectivity index is 1.65. The number of hydrogen-bond acceptors (Lipinski definition) is 4. The fourth-order valence-electron chi connectivity index (χ4n) is 3.65. The molecule has 5 nitrogen and oxygen atoms in total. The molecule has 21 heavy (non-hydrogen) atoms. The first-order valence-electron chi connectivity index (χ1n) is 7.84. The molecule has 2 fully saturated rings. The van der Waals surface area contributed by atoms with Crippen LogP contribution in [0.25, 0.3) is 0 Å². The van der Waals surface area contributed by atoms with Crippen LogP contribution in [-0.2, 0) is 11.3 Å². The Kier molecular flexibility index (Phi) is 4.31. The maximum atomic E-state index is 12.2. The van der Waals surface area contributed by atoms with E-state index in [1.807, 2.05) is 12.3 Å². The SMILES string of the molecule is CN(C)CCN1C(=O)CC[C@H]2[C@H]1CCN2Cc1ccoc1. The minimum Gasteiger partial charge on any atom is -0.472 e. The van der Waals surface area contributed by atoms with Gasteiger partial charge in [0, 0.05) is 50.2 Å². The first kappa shape index (κ1) is 14.6. The lowest BCUT2D eigenvalue weighted by molar-refractivity contribution is -0.137. The lowest BCUT2D eigenvalue weighted by Crippen LogP contribution is -2.53. The molecule has 0 unspecified atom stereocenters. The summed E-state index contributed by atoms with van der Waals surface area (Å²) in [5.74, 6) is 0.336. The van der Waals surface area contributed by atoms with Crippen LogP contribution < -0.4 is 0 Å². The molecule has 0 radical (unpaired) electrons. The zero-order valence-corrected chi connectivity index (χ0v) is 13.0. The number of likely N-dealkylation sites (tertiary alicyclic amines) is 2. The Morgan fingerprint density at radius 3 is 2.90 bits per heavy atom. The van der Waals surface area contributed by atoms with E-state index in [1.54, 1.807) is 6.26 Å². The van der Waals surface area contributed by atoms with Crippen LogP contribution in [0.4, 0.5) is 0 Å². The van der Waals surface area contributed by atoms with Crippen molar-refractivity contribution in [3.8, 4) is 0 Å². The van der Waals surface area contributed by atoms with Gasteiger partial charge in [0.25, 0.3) is 0 Å². The van der Waals surface area contributed by atoms with Gasteiger partial charge in [-0.1, -0.05) is 0 Å². The van der Waals surface area contributed by atoms with Gasteiger partial charge in [-0.25, -0.2) is 0 Å². The third kappa shape index (κ3) is 3.14. The number of hydrogen-bond donors (Lipinski definition) is 0. The number of carbonyl (C=O) groups is 1. The third-order valence-electron chi connectivity index (χ3n) is 4.75. The summed E-state index contributed by atoms with van der Waals surface area (Å²) in [5, 5.41) is 0. The summed E-state index contributed by atoms with van der Waals surface area (Å²) in [5.41, 5.74) is 1.23. The van der Waals surface area contributed by atoms with Gasteiger partial charge in [-0.15, -0.1) is 0 Å². The highest BCUT2D eigenvalue weighted by atomic mass is 16.3. The second-order valence-corrected chi connectivity index (χ2v) is 6.45. The zero-order valence-electron chi connectivity index (χ0n) is 13.0. The molecule has 3 rings (SSSR count). The predicted octanol–water partition coefficient (Wildman–Crippen LogP) is 1.41. The molecule has 0 bridgehead atoms. The smallest absolute Gasteiger partial charge is 0.222 e. The fourth-order valence-corrected chi connectivity index (χ4v) is 3.65. The van der Waals surface area contributed by atoms with Gasteiger partial charge in [0.1, 0.15) is 0 Å². The summed E-state index contributed by atoms with van der Waals surface area (Å²) in [4.78, 5) is 19.0. The average molecular weight is 291 g/mol. The molecule has 1 aromatic rings. The van der Waals surface area contributed by atoms with Crippen molar-refractivity contribution < 1.29 is 9.21 Å². The normalized spacial score (nSPS) is 26.6. The van der Waals surface area contributed by atoms with Crippen LogP contribution in [0.2, 0.25) is 0 Å². The maximum absolute atomic E-state index is 12.2. The summed E-state index contributed by atoms with van der Waals surface area (Å²) < 4.78 is 5.17. The van der Waals surface area contributed by atoms with E-state index in [2.05, 4.69) is 28.8 Å². The van der Waals surface area contributed by atoms with Crippen molar-refractivity contribution in [2.75, 3.05) is 33.7 Å². The van der Waals surface area contributed by atoms with Crippen molar-refractivity contribution in [2.24, 2.45) is 0 Å². The van der Waals surface area contributed by atoms with Crippen molar-refractivity contribution in [3.05, 3.63) is 24.2 Å². The highest BCUT2D eigenvalue weighted by Gasteiger charge is 2.42. The standard InChI is InChI=1S/C16H25N3O2/c1-17(2)8-9-19-15-5-7-18(11-13-6-10-21-12-13)14(15)3-4-16(19)20/h6,10,12,14-15H,3-5,7-9,11H2,1-2H3/t14-,15+/m0/s1. The lowest BCUT2D eigenvalue weighted by Gasteiger charge is -2.40. The molecule has 116 valence electrons. The summed E-state index contributed by atoms with van der Waals surface area (Å²) in [7, 11) is 4.12. The van der Waals surface area contributed by atoms with E-state index in [0.29, 0.717) is 24.4 Å². The van der Waals surface area contributed by atoms with Gasteiger partial charge < -0.3 is 14.2 Å².